The van der Waals surface area contributed by atoms with E-state index in [4.69, 9.17) is 0 Å². The van der Waals surface area contributed by atoms with E-state index in [9.17, 15) is 18.0 Å². The number of amides is 1. The average Bonchev–Trinajstić information content (AvgIpc) is 2.83. The Morgan fingerprint density at radius 1 is 1.12 bits per heavy atom. The van der Waals surface area contributed by atoms with Crippen LogP contribution >= 0.6 is 0 Å². The SMILES string of the molecule is COC(=O)c1ccc(NS(=O)(=O)c2ccc3c(c2)C(C)(C)C(=O)N3)cc1. The van der Waals surface area contributed by atoms with E-state index in [0.29, 0.717) is 22.5 Å². The van der Waals surface area contributed by atoms with Crippen LogP contribution in [0.25, 0.3) is 0 Å². The predicted molar refractivity (Wildman–Crippen MR) is 96.7 cm³/mol. The summed E-state index contributed by atoms with van der Waals surface area (Å²) >= 11 is 0. The number of carbonyl (C=O) groups is 2. The van der Waals surface area contributed by atoms with E-state index in [-0.39, 0.29) is 10.8 Å². The van der Waals surface area contributed by atoms with Gasteiger partial charge in [-0.3, -0.25) is 9.52 Å². The second-order valence-corrected chi connectivity index (χ2v) is 8.14. The van der Waals surface area contributed by atoms with Crippen molar-refractivity contribution in [3.63, 3.8) is 0 Å². The molecular weight excluding hydrogens is 356 g/mol. The lowest BCUT2D eigenvalue weighted by molar-refractivity contribution is -0.119. The van der Waals surface area contributed by atoms with Crippen molar-refractivity contribution in [2.24, 2.45) is 0 Å². The van der Waals surface area contributed by atoms with Gasteiger partial charge in [0, 0.05) is 11.4 Å². The van der Waals surface area contributed by atoms with Gasteiger partial charge in [0.1, 0.15) is 0 Å². The maximum Gasteiger partial charge on any atom is 0.337 e. The van der Waals surface area contributed by atoms with E-state index in [1.54, 1.807) is 19.9 Å². The molecule has 7 nitrogen and oxygen atoms in total. The first-order valence-corrected chi connectivity index (χ1v) is 9.30. The van der Waals surface area contributed by atoms with E-state index < -0.39 is 21.4 Å². The van der Waals surface area contributed by atoms with Gasteiger partial charge in [-0.25, -0.2) is 13.2 Å². The van der Waals surface area contributed by atoms with Crippen LogP contribution in [0.1, 0.15) is 29.8 Å². The van der Waals surface area contributed by atoms with Crippen molar-refractivity contribution in [2.45, 2.75) is 24.2 Å². The van der Waals surface area contributed by atoms with Crippen molar-refractivity contribution in [2.75, 3.05) is 17.1 Å². The smallest absolute Gasteiger partial charge is 0.337 e. The quantitative estimate of drug-likeness (QED) is 0.801. The van der Waals surface area contributed by atoms with E-state index in [2.05, 4.69) is 14.8 Å². The highest BCUT2D eigenvalue weighted by atomic mass is 32.2. The lowest BCUT2D eigenvalue weighted by Gasteiger charge is -2.16. The number of esters is 1. The van der Waals surface area contributed by atoms with Gasteiger partial charge >= 0.3 is 5.97 Å². The third-order valence-corrected chi connectivity index (χ3v) is 5.73. The Hall–Kier alpha value is -2.87. The summed E-state index contributed by atoms with van der Waals surface area (Å²) in [6.45, 7) is 3.48. The highest BCUT2D eigenvalue weighted by Crippen LogP contribution is 2.38. The number of nitrogens with one attached hydrogen (secondary N) is 2. The Morgan fingerprint density at radius 3 is 2.38 bits per heavy atom. The molecule has 0 unspecified atom stereocenters. The number of benzene rings is 2. The van der Waals surface area contributed by atoms with E-state index in [1.165, 1.54) is 43.5 Å². The van der Waals surface area contributed by atoms with Crippen LogP contribution in [0.2, 0.25) is 0 Å². The summed E-state index contributed by atoms with van der Waals surface area (Å²) in [6, 6.07) is 10.4. The summed E-state index contributed by atoms with van der Waals surface area (Å²) in [5, 5.41) is 2.74. The minimum atomic E-state index is -3.85. The van der Waals surface area contributed by atoms with Crippen LogP contribution in [-0.4, -0.2) is 27.4 Å². The van der Waals surface area contributed by atoms with Gasteiger partial charge in [0.05, 0.1) is 23.0 Å². The fourth-order valence-electron chi connectivity index (χ4n) is 2.72. The molecule has 0 radical (unpaired) electrons. The number of methoxy groups -OCH3 is 1. The van der Waals surface area contributed by atoms with Crippen LogP contribution in [0, 0.1) is 0 Å². The first kappa shape index (κ1) is 17.9. The van der Waals surface area contributed by atoms with E-state index >= 15 is 0 Å². The molecule has 26 heavy (non-hydrogen) atoms. The molecule has 0 aromatic heterocycles. The Bertz CT molecular complexity index is 995. The third kappa shape index (κ3) is 3.03. The third-order valence-electron chi connectivity index (χ3n) is 4.35. The minimum absolute atomic E-state index is 0.0536. The number of hydrogen-bond acceptors (Lipinski definition) is 5. The van der Waals surface area contributed by atoms with Gasteiger partial charge in [0.25, 0.3) is 10.0 Å². The summed E-state index contributed by atoms with van der Waals surface area (Å²) in [6.07, 6.45) is 0. The average molecular weight is 374 g/mol. The van der Waals surface area contributed by atoms with Crippen molar-refractivity contribution < 1.29 is 22.7 Å². The standard InChI is InChI=1S/C18H18N2O5S/c1-18(2)14-10-13(8-9-15(14)19-17(18)22)26(23,24)20-12-6-4-11(5-7-12)16(21)25-3/h4-10,20H,1-3H3,(H,19,22). The molecule has 2 N–H and O–H groups in total. The molecule has 1 heterocycles. The summed E-state index contributed by atoms with van der Waals surface area (Å²) in [7, 11) is -2.57. The van der Waals surface area contributed by atoms with Crippen molar-refractivity contribution >= 4 is 33.3 Å². The van der Waals surface area contributed by atoms with Gasteiger partial charge in [-0.1, -0.05) is 0 Å². The predicted octanol–water partition coefficient (Wildman–Crippen LogP) is 2.50. The fraction of sp³-hybridized carbons (Fsp3) is 0.222. The lowest BCUT2D eigenvalue weighted by atomic mass is 9.86. The van der Waals surface area contributed by atoms with Crippen molar-refractivity contribution in [1.29, 1.82) is 0 Å². The van der Waals surface area contributed by atoms with Crippen LogP contribution in [0.5, 0.6) is 0 Å². The summed E-state index contributed by atoms with van der Waals surface area (Å²) < 4.78 is 32.4. The fourth-order valence-corrected chi connectivity index (χ4v) is 3.81. The van der Waals surface area contributed by atoms with Gasteiger partial charge in [0.2, 0.25) is 5.91 Å². The maximum absolute atomic E-state index is 12.7. The zero-order valence-electron chi connectivity index (χ0n) is 14.5. The van der Waals surface area contributed by atoms with Crippen molar-refractivity contribution in [1.82, 2.24) is 0 Å². The maximum atomic E-state index is 12.7. The molecule has 0 saturated carbocycles. The first-order valence-electron chi connectivity index (χ1n) is 7.82. The first-order chi connectivity index (χ1) is 12.1. The number of rotatable bonds is 4. The second kappa shape index (κ2) is 6.14. The molecule has 1 aliphatic heterocycles. The zero-order valence-corrected chi connectivity index (χ0v) is 15.3. The van der Waals surface area contributed by atoms with Crippen LogP contribution in [-0.2, 0) is 25.0 Å². The number of sulfonamides is 1. The summed E-state index contributed by atoms with van der Waals surface area (Å²) in [4.78, 5) is 23.5. The lowest BCUT2D eigenvalue weighted by Crippen LogP contribution is -2.27. The molecule has 1 aliphatic rings. The highest BCUT2D eigenvalue weighted by Gasteiger charge is 2.39. The molecule has 0 bridgehead atoms. The van der Waals surface area contributed by atoms with Gasteiger partial charge < -0.3 is 10.1 Å². The molecular formula is C18H18N2O5S. The van der Waals surface area contributed by atoms with Crippen molar-refractivity contribution in [3.05, 3.63) is 53.6 Å². The molecule has 0 atom stereocenters. The molecule has 136 valence electrons. The zero-order chi connectivity index (χ0) is 19.1. The van der Waals surface area contributed by atoms with Crippen molar-refractivity contribution in [3.8, 4) is 0 Å². The molecule has 3 rings (SSSR count). The Kier molecular flexibility index (Phi) is 4.23. The van der Waals surface area contributed by atoms with Gasteiger partial charge in [-0.15, -0.1) is 0 Å². The Labute approximate surface area is 151 Å². The number of anilines is 2. The molecule has 0 saturated heterocycles. The monoisotopic (exact) mass is 374 g/mol. The number of carbonyl (C=O) groups excluding carboxylic acids is 2. The van der Waals surface area contributed by atoms with Crippen LogP contribution in [0.15, 0.2) is 47.4 Å². The van der Waals surface area contributed by atoms with E-state index in [0.717, 1.165) is 0 Å². The molecule has 0 fully saturated rings. The number of hydrogen-bond donors (Lipinski definition) is 2. The normalized spacial score (nSPS) is 15.1. The molecule has 0 aliphatic carbocycles. The van der Waals surface area contributed by atoms with Crippen LogP contribution in [0.3, 0.4) is 0 Å². The highest BCUT2D eigenvalue weighted by molar-refractivity contribution is 7.92. The molecule has 2 aromatic rings. The minimum Gasteiger partial charge on any atom is -0.465 e. The van der Waals surface area contributed by atoms with Gasteiger partial charge in [-0.05, 0) is 61.9 Å². The molecule has 2 aromatic carbocycles. The van der Waals surface area contributed by atoms with E-state index in [1.807, 2.05) is 0 Å². The van der Waals surface area contributed by atoms with Crippen LogP contribution < -0.4 is 10.0 Å². The van der Waals surface area contributed by atoms with Gasteiger partial charge in [0.15, 0.2) is 0 Å². The Morgan fingerprint density at radius 2 is 1.77 bits per heavy atom. The van der Waals surface area contributed by atoms with Gasteiger partial charge in [-0.2, -0.15) is 0 Å². The Balaban J connectivity index is 1.89. The molecule has 0 spiro atoms. The second-order valence-electron chi connectivity index (χ2n) is 6.46. The molecule has 1 amide bonds. The topological polar surface area (TPSA) is 102 Å². The number of fused-ring (bicyclic) bond motifs is 1. The van der Waals surface area contributed by atoms with Crippen LogP contribution in [0.4, 0.5) is 11.4 Å². The number of ether oxygens (including phenoxy) is 1. The summed E-state index contributed by atoms with van der Waals surface area (Å²) in [5.74, 6) is -0.675. The summed E-state index contributed by atoms with van der Waals surface area (Å²) in [5.41, 5.74) is 1.07. The largest absolute Gasteiger partial charge is 0.465 e. The molecule has 8 heteroatoms.